The van der Waals surface area contributed by atoms with Crippen molar-refractivity contribution in [1.29, 1.82) is 0 Å². The summed E-state index contributed by atoms with van der Waals surface area (Å²) in [5.74, 6) is 0. The average molecular weight is 223 g/mol. The van der Waals surface area contributed by atoms with Gasteiger partial charge in [0.2, 0.25) is 0 Å². The van der Waals surface area contributed by atoms with Crippen LogP contribution < -0.4 is 16.8 Å². The molecule has 0 spiro atoms. The zero-order valence-corrected chi connectivity index (χ0v) is 8.12. The van der Waals surface area contributed by atoms with Gasteiger partial charge in [-0.25, -0.2) is 14.9 Å². The van der Waals surface area contributed by atoms with Crippen LogP contribution >= 0.6 is 7.75 Å². The molecule has 0 saturated carbocycles. The number of aromatic nitrogens is 2. The monoisotopic (exact) mass is 223 g/mol. The lowest BCUT2D eigenvalue weighted by Crippen LogP contribution is -2.22. The topological polar surface area (TPSA) is 149 Å². The van der Waals surface area contributed by atoms with E-state index in [1.165, 1.54) is 6.20 Å². The van der Waals surface area contributed by atoms with E-state index in [1.54, 1.807) is 6.92 Å². The summed E-state index contributed by atoms with van der Waals surface area (Å²) in [5.41, 5.74) is 3.73. The van der Waals surface area contributed by atoms with Crippen molar-refractivity contribution in [1.82, 2.24) is 9.97 Å². The SMILES string of the molecule is Cc1c[nH]c(=O)[nH]c1=O.NP(=O)(O)O. The molecule has 0 fully saturated rings. The lowest BCUT2D eigenvalue weighted by molar-refractivity contribution is 0.374. The Kier molecular flexibility index (Phi) is 4.45. The van der Waals surface area contributed by atoms with Gasteiger partial charge in [-0.15, -0.1) is 0 Å². The number of H-pyrrole nitrogens is 2. The van der Waals surface area contributed by atoms with Crippen molar-refractivity contribution in [3.05, 3.63) is 32.6 Å². The van der Waals surface area contributed by atoms with E-state index in [0.29, 0.717) is 5.56 Å². The Labute approximate surface area is 78.0 Å². The molecule has 0 unspecified atom stereocenters. The summed E-state index contributed by atoms with van der Waals surface area (Å²) < 4.78 is 9.10. The molecule has 0 atom stereocenters. The van der Waals surface area contributed by atoms with Gasteiger partial charge in [-0.2, -0.15) is 0 Å². The fraction of sp³-hybridized carbons (Fsp3) is 0.200. The first-order valence-corrected chi connectivity index (χ1v) is 5.01. The Morgan fingerprint density at radius 3 is 2.14 bits per heavy atom. The van der Waals surface area contributed by atoms with Crippen LogP contribution in [-0.2, 0) is 4.57 Å². The van der Waals surface area contributed by atoms with Crippen LogP contribution in [0.15, 0.2) is 15.8 Å². The van der Waals surface area contributed by atoms with Gasteiger partial charge in [-0.05, 0) is 6.92 Å². The molecule has 80 valence electrons. The first-order chi connectivity index (χ1) is 6.20. The van der Waals surface area contributed by atoms with Crippen LogP contribution in [-0.4, -0.2) is 19.8 Å². The van der Waals surface area contributed by atoms with Crippen molar-refractivity contribution < 1.29 is 14.4 Å². The molecule has 0 amide bonds. The quantitative estimate of drug-likeness (QED) is 0.334. The summed E-state index contributed by atoms with van der Waals surface area (Å²) in [7, 11) is -4.14. The van der Waals surface area contributed by atoms with Gasteiger partial charge < -0.3 is 14.8 Å². The van der Waals surface area contributed by atoms with Crippen LogP contribution in [0.5, 0.6) is 0 Å². The van der Waals surface area contributed by atoms with Crippen LogP contribution in [0.1, 0.15) is 5.56 Å². The summed E-state index contributed by atoms with van der Waals surface area (Å²) in [6, 6.07) is 0. The molecule has 1 rings (SSSR count). The minimum Gasteiger partial charge on any atom is -0.314 e. The van der Waals surface area contributed by atoms with Crippen molar-refractivity contribution >= 4 is 7.75 Å². The van der Waals surface area contributed by atoms with Gasteiger partial charge in [0.05, 0.1) is 0 Å². The van der Waals surface area contributed by atoms with Gasteiger partial charge in [0.1, 0.15) is 0 Å². The first-order valence-electron chi connectivity index (χ1n) is 3.33. The second-order valence-electron chi connectivity index (χ2n) is 2.34. The van der Waals surface area contributed by atoms with Gasteiger partial charge in [-0.1, -0.05) is 0 Å². The minimum absolute atomic E-state index is 0.334. The summed E-state index contributed by atoms with van der Waals surface area (Å²) in [5, 5.41) is 0. The molecule has 0 aliphatic carbocycles. The molecule has 0 radical (unpaired) electrons. The van der Waals surface area contributed by atoms with Crippen LogP contribution in [0.25, 0.3) is 0 Å². The number of nitrogens with one attached hydrogen (secondary N) is 2. The van der Waals surface area contributed by atoms with E-state index in [9.17, 15) is 9.59 Å². The molecular formula is C5H10N3O5P. The predicted molar refractivity (Wildman–Crippen MR) is 48.7 cm³/mol. The third-order valence-corrected chi connectivity index (χ3v) is 1.00. The van der Waals surface area contributed by atoms with E-state index in [4.69, 9.17) is 14.4 Å². The molecule has 6 N–H and O–H groups in total. The second kappa shape index (κ2) is 4.87. The Morgan fingerprint density at radius 1 is 1.43 bits per heavy atom. The largest absolute Gasteiger partial charge is 0.397 e. The molecule has 14 heavy (non-hydrogen) atoms. The van der Waals surface area contributed by atoms with Gasteiger partial charge in [0.15, 0.2) is 0 Å². The highest BCUT2D eigenvalue weighted by Crippen LogP contribution is 2.20. The van der Waals surface area contributed by atoms with Crippen molar-refractivity contribution in [2.75, 3.05) is 0 Å². The maximum Gasteiger partial charge on any atom is 0.397 e. The van der Waals surface area contributed by atoms with Crippen LogP contribution in [0.4, 0.5) is 0 Å². The molecule has 0 aliphatic heterocycles. The molecule has 8 nitrogen and oxygen atoms in total. The molecule has 0 aromatic carbocycles. The molecule has 1 heterocycles. The standard InChI is InChI=1S/C5H6N2O2.H4NO3P/c1-3-2-6-5(9)7-4(3)8;1-5(2,3)4/h2H,1H3,(H2,6,7,8,9);(H4,1,2,3,4). The molecule has 0 aliphatic rings. The van der Waals surface area contributed by atoms with Gasteiger partial charge in [0, 0.05) is 11.8 Å². The Balaban J connectivity index is 0.000000292. The zero-order chi connectivity index (χ0) is 11.4. The summed E-state index contributed by atoms with van der Waals surface area (Å²) in [6.07, 6.45) is 1.38. The van der Waals surface area contributed by atoms with E-state index < -0.39 is 13.4 Å². The highest BCUT2D eigenvalue weighted by atomic mass is 31.2. The van der Waals surface area contributed by atoms with Crippen LogP contribution in [0, 0.1) is 6.92 Å². The number of rotatable bonds is 0. The third-order valence-electron chi connectivity index (χ3n) is 1.00. The predicted octanol–water partition coefficient (Wildman–Crippen LogP) is -1.59. The zero-order valence-electron chi connectivity index (χ0n) is 7.22. The Hall–Kier alpha value is -1.21. The second-order valence-corrected chi connectivity index (χ2v) is 3.52. The smallest absolute Gasteiger partial charge is 0.314 e. The fourth-order valence-corrected chi connectivity index (χ4v) is 0.477. The maximum absolute atomic E-state index is 10.6. The van der Waals surface area contributed by atoms with E-state index in [0.717, 1.165) is 0 Å². The van der Waals surface area contributed by atoms with Gasteiger partial charge >= 0.3 is 13.4 Å². The van der Waals surface area contributed by atoms with E-state index in [-0.39, 0.29) is 5.56 Å². The lowest BCUT2D eigenvalue weighted by atomic mass is 10.4. The highest BCUT2D eigenvalue weighted by Gasteiger charge is 1.96. The van der Waals surface area contributed by atoms with Crippen molar-refractivity contribution in [3.63, 3.8) is 0 Å². The number of aromatic amines is 2. The maximum atomic E-state index is 10.6. The fourth-order valence-electron chi connectivity index (χ4n) is 0.477. The van der Waals surface area contributed by atoms with Crippen molar-refractivity contribution in [2.45, 2.75) is 6.92 Å². The summed E-state index contributed by atoms with van der Waals surface area (Å²) in [6.45, 7) is 1.62. The minimum atomic E-state index is -4.14. The van der Waals surface area contributed by atoms with Crippen molar-refractivity contribution in [3.8, 4) is 0 Å². The van der Waals surface area contributed by atoms with E-state index in [2.05, 4.69) is 15.5 Å². The van der Waals surface area contributed by atoms with Crippen LogP contribution in [0.2, 0.25) is 0 Å². The normalized spacial score (nSPS) is 10.3. The number of hydrogen-bond acceptors (Lipinski definition) is 3. The first kappa shape index (κ1) is 12.8. The number of nitrogens with two attached hydrogens (primary N) is 1. The van der Waals surface area contributed by atoms with Crippen molar-refractivity contribution in [2.24, 2.45) is 5.50 Å². The third kappa shape index (κ3) is 7.44. The summed E-state index contributed by atoms with van der Waals surface area (Å²) in [4.78, 5) is 40.1. The van der Waals surface area contributed by atoms with E-state index in [1.807, 2.05) is 0 Å². The molecule has 9 heteroatoms. The molecular weight excluding hydrogens is 213 g/mol. The Bertz CT molecular complexity index is 435. The van der Waals surface area contributed by atoms with Gasteiger partial charge in [-0.3, -0.25) is 9.78 Å². The molecule has 1 aromatic rings. The number of aryl methyl sites for hydroxylation is 1. The highest BCUT2D eigenvalue weighted by molar-refractivity contribution is 7.49. The summed E-state index contributed by atoms with van der Waals surface area (Å²) >= 11 is 0. The average Bonchev–Trinajstić information content (AvgIpc) is 1.94. The molecule has 1 aromatic heterocycles. The number of hydrogen-bond donors (Lipinski definition) is 5. The van der Waals surface area contributed by atoms with Gasteiger partial charge in [0.25, 0.3) is 5.56 Å². The molecule has 0 saturated heterocycles. The van der Waals surface area contributed by atoms with E-state index >= 15 is 0 Å². The lowest BCUT2D eigenvalue weighted by Gasteiger charge is -1.84. The Morgan fingerprint density at radius 2 is 1.86 bits per heavy atom. The van der Waals surface area contributed by atoms with Crippen LogP contribution in [0.3, 0.4) is 0 Å². The molecule has 0 bridgehead atoms.